The van der Waals surface area contributed by atoms with Crippen molar-refractivity contribution in [1.29, 1.82) is 0 Å². The highest BCUT2D eigenvalue weighted by atomic mass is 16.6. The topological polar surface area (TPSA) is 108 Å². The number of esters is 1. The standard InChI is InChI=1S/C26H29N3O5/c1-17(2)14-26(19-9-4-3-5-10-19)21-16-29(13-12-20(21)23(30)34-26)24(31)27-15-18-8-6-7-11-22(18)28-25(32)33/h3-11,17,28H,12-16H2,1-2H3,(H,27,31)(H,32,33). The van der Waals surface area contributed by atoms with E-state index < -0.39 is 11.7 Å². The Morgan fingerprint density at radius 3 is 2.53 bits per heavy atom. The van der Waals surface area contributed by atoms with Crippen LogP contribution in [0.4, 0.5) is 15.3 Å². The van der Waals surface area contributed by atoms with Gasteiger partial charge in [-0.1, -0.05) is 62.4 Å². The van der Waals surface area contributed by atoms with Crippen LogP contribution in [-0.4, -0.2) is 41.2 Å². The lowest BCUT2D eigenvalue weighted by molar-refractivity contribution is -0.149. The third-order valence-corrected chi connectivity index (χ3v) is 6.26. The highest BCUT2D eigenvalue weighted by Gasteiger charge is 2.50. The van der Waals surface area contributed by atoms with Gasteiger partial charge in [-0.3, -0.25) is 5.32 Å². The van der Waals surface area contributed by atoms with Crippen LogP contribution in [-0.2, 0) is 21.7 Å². The second-order valence-electron chi connectivity index (χ2n) is 9.06. The molecule has 0 fully saturated rings. The van der Waals surface area contributed by atoms with Gasteiger partial charge >= 0.3 is 18.1 Å². The first-order chi connectivity index (χ1) is 16.3. The molecule has 0 aromatic heterocycles. The zero-order chi connectivity index (χ0) is 24.3. The Balaban J connectivity index is 1.54. The monoisotopic (exact) mass is 463 g/mol. The number of hydrogen-bond donors (Lipinski definition) is 3. The predicted molar refractivity (Wildman–Crippen MR) is 127 cm³/mol. The molecule has 34 heavy (non-hydrogen) atoms. The van der Waals surface area contributed by atoms with Gasteiger partial charge in [0.1, 0.15) is 0 Å². The van der Waals surface area contributed by atoms with Crippen molar-refractivity contribution in [2.24, 2.45) is 5.92 Å². The Morgan fingerprint density at radius 2 is 1.82 bits per heavy atom. The molecule has 3 N–H and O–H groups in total. The summed E-state index contributed by atoms with van der Waals surface area (Å²) in [6, 6.07) is 16.4. The molecule has 2 aromatic carbocycles. The van der Waals surface area contributed by atoms with E-state index in [2.05, 4.69) is 24.5 Å². The zero-order valence-corrected chi connectivity index (χ0v) is 19.3. The maximum atomic E-state index is 13.1. The van der Waals surface area contributed by atoms with E-state index in [1.165, 1.54) is 0 Å². The summed E-state index contributed by atoms with van der Waals surface area (Å²) in [4.78, 5) is 38.6. The second-order valence-corrected chi connectivity index (χ2v) is 9.06. The number of urea groups is 1. The van der Waals surface area contributed by atoms with Crippen LogP contribution in [0.2, 0.25) is 0 Å². The Labute approximate surface area is 198 Å². The molecule has 2 aliphatic rings. The molecule has 2 aromatic rings. The van der Waals surface area contributed by atoms with Crippen molar-refractivity contribution in [2.45, 2.75) is 38.8 Å². The van der Waals surface area contributed by atoms with Gasteiger partial charge in [0.15, 0.2) is 5.60 Å². The number of amides is 3. The molecule has 4 rings (SSSR count). The first kappa shape index (κ1) is 23.4. The zero-order valence-electron chi connectivity index (χ0n) is 19.3. The van der Waals surface area contributed by atoms with E-state index in [1.54, 1.807) is 29.2 Å². The van der Waals surface area contributed by atoms with Crippen LogP contribution in [0.25, 0.3) is 0 Å². The average molecular weight is 464 g/mol. The molecule has 1 atom stereocenters. The molecule has 8 heteroatoms. The molecule has 0 aliphatic carbocycles. The molecule has 0 radical (unpaired) electrons. The largest absolute Gasteiger partial charge is 0.465 e. The lowest BCUT2D eigenvalue weighted by Gasteiger charge is -2.37. The summed E-state index contributed by atoms with van der Waals surface area (Å²) in [6.07, 6.45) is -0.0981. The van der Waals surface area contributed by atoms with Crippen molar-refractivity contribution in [1.82, 2.24) is 10.2 Å². The van der Waals surface area contributed by atoms with E-state index in [9.17, 15) is 14.4 Å². The normalized spacial score (nSPS) is 19.6. The third kappa shape index (κ3) is 4.62. The van der Waals surface area contributed by atoms with Crippen LogP contribution in [0.3, 0.4) is 0 Å². The van der Waals surface area contributed by atoms with Gasteiger partial charge < -0.3 is 20.1 Å². The molecule has 0 saturated carbocycles. The quantitative estimate of drug-likeness (QED) is 0.547. The molecular weight excluding hydrogens is 434 g/mol. The molecule has 2 heterocycles. The number of rotatable bonds is 6. The van der Waals surface area contributed by atoms with E-state index in [1.807, 2.05) is 30.3 Å². The summed E-state index contributed by atoms with van der Waals surface area (Å²) in [7, 11) is 0. The highest BCUT2D eigenvalue weighted by Crippen LogP contribution is 2.48. The number of ether oxygens (including phenoxy) is 1. The number of hydrogen-bond acceptors (Lipinski definition) is 4. The van der Waals surface area contributed by atoms with Gasteiger partial charge in [0.25, 0.3) is 0 Å². The van der Waals surface area contributed by atoms with E-state index in [0.29, 0.717) is 42.8 Å². The predicted octanol–water partition coefficient (Wildman–Crippen LogP) is 4.49. The number of benzene rings is 2. The lowest BCUT2D eigenvalue weighted by Crippen LogP contribution is -2.46. The summed E-state index contributed by atoms with van der Waals surface area (Å²) in [5.41, 5.74) is 2.65. The van der Waals surface area contributed by atoms with Crippen molar-refractivity contribution in [2.75, 3.05) is 18.4 Å². The SMILES string of the molecule is CC(C)CC1(c2ccccc2)OC(=O)C2=C1CN(C(=O)NCc1ccccc1NC(=O)O)CC2. The third-order valence-electron chi connectivity index (χ3n) is 6.26. The molecule has 8 nitrogen and oxygen atoms in total. The maximum Gasteiger partial charge on any atom is 0.409 e. The fraction of sp³-hybridized carbons (Fsp3) is 0.346. The molecule has 0 spiro atoms. The van der Waals surface area contributed by atoms with E-state index in [0.717, 1.165) is 11.1 Å². The highest BCUT2D eigenvalue weighted by molar-refractivity contribution is 5.94. The minimum absolute atomic E-state index is 0.170. The fourth-order valence-corrected chi connectivity index (χ4v) is 4.81. The number of carbonyl (C=O) groups excluding carboxylic acids is 2. The van der Waals surface area contributed by atoms with Gasteiger partial charge in [0, 0.05) is 36.5 Å². The van der Waals surface area contributed by atoms with Gasteiger partial charge in [-0.05, 0) is 36.0 Å². The fourth-order valence-electron chi connectivity index (χ4n) is 4.81. The first-order valence-corrected chi connectivity index (χ1v) is 11.4. The van der Waals surface area contributed by atoms with Crippen molar-refractivity contribution >= 4 is 23.8 Å². The van der Waals surface area contributed by atoms with Crippen molar-refractivity contribution < 1.29 is 24.2 Å². The second kappa shape index (κ2) is 9.59. The van der Waals surface area contributed by atoms with E-state index in [-0.39, 0.29) is 24.5 Å². The Bertz CT molecular complexity index is 1130. The summed E-state index contributed by atoms with van der Waals surface area (Å²) in [6.45, 7) is 5.05. The average Bonchev–Trinajstić information content (AvgIpc) is 3.09. The lowest BCUT2D eigenvalue weighted by atomic mass is 9.77. The molecule has 178 valence electrons. The molecule has 0 bridgehead atoms. The van der Waals surface area contributed by atoms with Crippen LogP contribution in [0, 0.1) is 5.92 Å². The van der Waals surface area contributed by atoms with Gasteiger partial charge in [-0.2, -0.15) is 0 Å². The van der Waals surface area contributed by atoms with Crippen LogP contribution >= 0.6 is 0 Å². The maximum absolute atomic E-state index is 13.1. The summed E-state index contributed by atoms with van der Waals surface area (Å²) in [5, 5.41) is 14.3. The van der Waals surface area contributed by atoms with Gasteiger partial charge in [0.2, 0.25) is 0 Å². The molecule has 1 unspecified atom stereocenters. The van der Waals surface area contributed by atoms with Crippen LogP contribution in [0.5, 0.6) is 0 Å². The molecule has 0 saturated heterocycles. The van der Waals surface area contributed by atoms with Crippen LogP contribution < -0.4 is 10.6 Å². The van der Waals surface area contributed by atoms with E-state index >= 15 is 0 Å². The molecule has 2 aliphatic heterocycles. The summed E-state index contributed by atoms with van der Waals surface area (Å²) >= 11 is 0. The summed E-state index contributed by atoms with van der Waals surface area (Å²) in [5.74, 6) is -0.0319. The van der Waals surface area contributed by atoms with Crippen molar-refractivity contribution in [3.05, 3.63) is 76.9 Å². The minimum Gasteiger partial charge on any atom is -0.465 e. The van der Waals surface area contributed by atoms with Crippen molar-refractivity contribution in [3.8, 4) is 0 Å². The van der Waals surface area contributed by atoms with Gasteiger partial charge in [-0.15, -0.1) is 0 Å². The van der Waals surface area contributed by atoms with Crippen LogP contribution in [0.1, 0.15) is 37.8 Å². The number of anilines is 1. The molecular formula is C26H29N3O5. The Kier molecular flexibility index (Phi) is 6.58. The van der Waals surface area contributed by atoms with Crippen LogP contribution in [0.15, 0.2) is 65.7 Å². The molecule has 3 amide bonds. The Morgan fingerprint density at radius 1 is 1.12 bits per heavy atom. The summed E-state index contributed by atoms with van der Waals surface area (Å²) < 4.78 is 6.07. The number of para-hydroxylation sites is 1. The number of carboxylic acid groups (broad SMARTS) is 1. The van der Waals surface area contributed by atoms with Gasteiger partial charge in [-0.25, -0.2) is 14.4 Å². The van der Waals surface area contributed by atoms with Crippen molar-refractivity contribution in [3.63, 3.8) is 0 Å². The van der Waals surface area contributed by atoms with E-state index in [4.69, 9.17) is 9.84 Å². The Hall–Kier alpha value is -3.81. The first-order valence-electron chi connectivity index (χ1n) is 11.4. The number of nitrogens with one attached hydrogen (secondary N) is 2. The smallest absolute Gasteiger partial charge is 0.409 e. The number of nitrogens with zero attached hydrogens (tertiary/aromatic N) is 1. The minimum atomic E-state index is -1.16. The number of carbonyl (C=O) groups is 3. The number of cyclic esters (lactones) is 1. The van der Waals surface area contributed by atoms with Gasteiger partial charge in [0.05, 0.1) is 0 Å².